The number of imide groups is 1. The van der Waals surface area contributed by atoms with Crippen molar-refractivity contribution in [2.75, 3.05) is 25.1 Å². The van der Waals surface area contributed by atoms with Gasteiger partial charge in [-0.1, -0.05) is 6.92 Å². The van der Waals surface area contributed by atoms with Gasteiger partial charge >= 0.3 is 18.2 Å². The Bertz CT molecular complexity index is 1870. The number of non-ortho nitro benzene ring substituents is 2. The lowest BCUT2D eigenvalue weighted by Gasteiger charge is -2.46. The van der Waals surface area contributed by atoms with E-state index in [1.807, 2.05) is 6.92 Å². The second-order valence-electron chi connectivity index (χ2n) is 13.3. The molecule has 1 unspecified atom stereocenters. The van der Waals surface area contributed by atoms with Crippen molar-refractivity contribution in [3.8, 4) is 0 Å². The van der Waals surface area contributed by atoms with Crippen molar-refractivity contribution in [1.29, 1.82) is 0 Å². The minimum atomic E-state index is -1.26. The van der Waals surface area contributed by atoms with Crippen LogP contribution in [0.4, 0.5) is 21.0 Å². The van der Waals surface area contributed by atoms with Crippen LogP contribution in [-0.4, -0.2) is 113 Å². The predicted molar refractivity (Wildman–Crippen MR) is 197 cm³/mol. The lowest BCUT2D eigenvalue weighted by Crippen LogP contribution is -2.63. The zero-order valence-electron chi connectivity index (χ0n) is 30.0. The van der Waals surface area contributed by atoms with Gasteiger partial charge in [0.25, 0.3) is 11.4 Å². The summed E-state index contributed by atoms with van der Waals surface area (Å²) in [5.74, 6) is -2.67. The number of carbonyl (C=O) groups is 5. The molecule has 0 radical (unpaired) electrons. The van der Waals surface area contributed by atoms with Crippen LogP contribution in [0.15, 0.2) is 59.1 Å². The number of likely N-dealkylation sites (tertiary alicyclic amines) is 1. The van der Waals surface area contributed by atoms with E-state index < -0.39 is 63.9 Å². The van der Waals surface area contributed by atoms with Gasteiger partial charge in [-0.05, 0) is 48.7 Å². The molecular weight excluding hydrogens is 763 g/mol. The van der Waals surface area contributed by atoms with E-state index in [1.165, 1.54) is 95.8 Å². The fraction of sp³-hybridized carbons (Fsp3) is 0.457. The van der Waals surface area contributed by atoms with E-state index in [0.717, 1.165) is 4.90 Å². The topological polar surface area (TPSA) is 240 Å². The van der Waals surface area contributed by atoms with Gasteiger partial charge in [0.2, 0.25) is 11.8 Å². The number of carbonyl (C=O) groups excluding carboxylic acids is 4. The van der Waals surface area contributed by atoms with Crippen LogP contribution < -0.4 is 0 Å². The maximum atomic E-state index is 13.5. The normalized spacial score (nSPS) is 22.1. The van der Waals surface area contributed by atoms with Gasteiger partial charge in [0.05, 0.1) is 27.9 Å². The van der Waals surface area contributed by atoms with Crippen LogP contribution in [0.2, 0.25) is 0 Å². The maximum absolute atomic E-state index is 13.5. The van der Waals surface area contributed by atoms with E-state index in [2.05, 4.69) is 0 Å². The number of rotatable bonds is 15. The molecule has 6 atom stereocenters. The number of ether oxygens (including phenoxy) is 2. The van der Waals surface area contributed by atoms with E-state index in [9.17, 15) is 54.4 Å². The number of β-lactam (4-membered cyclic amide) rings is 1. The molecule has 2 aromatic carbocycles. The molecule has 4 amide bonds. The highest BCUT2D eigenvalue weighted by molar-refractivity contribution is 8.03. The number of fused-ring (bicyclic) bond motifs is 1. The molecular formula is C35H39N5O13S2. The molecule has 3 aliphatic heterocycles. The highest BCUT2D eigenvalue weighted by Crippen LogP contribution is 2.52. The van der Waals surface area contributed by atoms with Gasteiger partial charge in [0.1, 0.15) is 18.9 Å². The minimum absolute atomic E-state index is 0.0364. The number of nitrogens with zero attached hydrogens (tertiary/aromatic N) is 5. The Hall–Kier alpha value is -5.21. The number of carboxylic acids is 1. The van der Waals surface area contributed by atoms with Crippen LogP contribution in [0.5, 0.6) is 0 Å². The molecule has 3 aliphatic rings. The van der Waals surface area contributed by atoms with Gasteiger partial charge < -0.3 is 29.5 Å². The first kappa shape index (κ1) is 41.0. The number of hydrogen-bond donors (Lipinski definition) is 2. The summed E-state index contributed by atoms with van der Waals surface area (Å²) in [6.45, 7) is 3.14. The van der Waals surface area contributed by atoms with Crippen molar-refractivity contribution < 1.29 is 53.5 Å². The highest BCUT2D eigenvalue weighted by Gasteiger charge is 2.60. The van der Waals surface area contributed by atoms with Crippen molar-refractivity contribution in [2.24, 2.45) is 11.8 Å². The summed E-state index contributed by atoms with van der Waals surface area (Å²) in [7, 11) is 1.27. The molecule has 2 fully saturated rings. The number of aliphatic hydroxyl groups excluding tert-OH is 1. The summed E-state index contributed by atoms with van der Waals surface area (Å²) in [6, 6.07) is 10.1. The Balaban J connectivity index is 1.20. The minimum Gasteiger partial charge on any atom is -0.477 e. The molecule has 2 aromatic rings. The number of hydrogen-bond acceptors (Lipinski definition) is 14. The third kappa shape index (κ3) is 9.19. The average molecular weight is 802 g/mol. The smallest absolute Gasteiger partial charge is 0.416 e. The van der Waals surface area contributed by atoms with Gasteiger partial charge in [-0.25, -0.2) is 14.4 Å². The number of carboxylic acid groups (broad SMARTS) is 1. The summed E-state index contributed by atoms with van der Waals surface area (Å²) in [6.07, 6.45) is -2.11. The van der Waals surface area contributed by atoms with Crippen LogP contribution in [0.25, 0.3) is 0 Å². The lowest BCUT2D eigenvalue weighted by atomic mass is 9.79. The number of thioether (sulfide) groups is 2. The SMILES string of the molecule is CC(O)[C@@H]1C(=O)N2C(C(=O)O)=C(S[C@H]3C[C@@H](CSCCC(=O)N(C)C(=O)OCc4ccc([N+](=O)[O-])cc4)N(C(=O)OCc4ccc([N+](=O)[O-])cc4)C3)[C@H](C)[C@H]12. The van der Waals surface area contributed by atoms with Crippen molar-refractivity contribution in [3.63, 3.8) is 0 Å². The zero-order chi connectivity index (χ0) is 40.1. The van der Waals surface area contributed by atoms with Crippen LogP contribution >= 0.6 is 23.5 Å². The molecule has 55 heavy (non-hydrogen) atoms. The zero-order valence-corrected chi connectivity index (χ0v) is 31.6. The first-order valence-corrected chi connectivity index (χ1v) is 19.2. The fourth-order valence-electron chi connectivity index (χ4n) is 6.74. The molecule has 18 nitrogen and oxygen atoms in total. The van der Waals surface area contributed by atoms with Crippen molar-refractivity contribution in [2.45, 2.75) is 63.3 Å². The van der Waals surface area contributed by atoms with Gasteiger partial charge in [-0.2, -0.15) is 11.8 Å². The third-order valence-electron chi connectivity index (χ3n) is 9.65. The summed E-state index contributed by atoms with van der Waals surface area (Å²) >= 11 is 2.64. The number of aliphatic carboxylic acids is 1. The summed E-state index contributed by atoms with van der Waals surface area (Å²) in [4.78, 5) is 88.8. The van der Waals surface area contributed by atoms with Crippen molar-refractivity contribution >= 4 is 64.9 Å². The van der Waals surface area contributed by atoms with Crippen LogP contribution in [0.3, 0.4) is 0 Å². The first-order chi connectivity index (χ1) is 26.1. The Morgan fingerprint density at radius 3 is 2.07 bits per heavy atom. The summed E-state index contributed by atoms with van der Waals surface area (Å²) in [5, 5.41) is 41.9. The Labute approximate surface area is 323 Å². The second-order valence-corrected chi connectivity index (χ2v) is 15.8. The number of aliphatic hydroxyl groups is 1. The Morgan fingerprint density at radius 1 is 0.982 bits per heavy atom. The fourth-order valence-corrected chi connectivity index (χ4v) is 9.38. The number of nitro groups is 2. The molecule has 2 N–H and O–H groups in total. The lowest BCUT2D eigenvalue weighted by molar-refractivity contribution is -0.385. The molecule has 0 aliphatic carbocycles. The van der Waals surface area contributed by atoms with Crippen molar-refractivity contribution in [1.82, 2.24) is 14.7 Å². The van der Waals surface area contributed by atoms with Gasteiger partial charge in [-0.3, -0.25) is 34.7 Å². The average Bonchev–Trinajstić information content (AvgIpc) is 3.66. The standard InChI is InChI=1S/C35H39N5O13S2/c1-19-29-28(20(2)41)32(43)38(29)30(33(44)45)31(19)55-26-14-25(37(15-26)35(47)53-17-22-6-10-24(11-7-22)40(50)51)18-54-13-12-27(42)36(3)34(46)52-16-21-4-8-23(9-5-21)39(48)49/h4-11,19-20,25-26,28-29,41H,12-18H2,1-3H3,(H,44,45)/t19-,20?,25+,26+,28+,29-/m1/s1. The molecule has 0 spiro atoms. The number of amides is 4. The van der Waals surface area contributed by atoms with Crippen LogP contribution in [0, 0.1) is 32.1 Å². The maximum Gasteiger partial charge on any atom is 0.416 e. The molecule has 3 heterocycles. The highest BCUT2D eigenvalue weighted by atomic mass is 32.2. The van der Waals surface area contributed by atoms with Crippen molar-refractivity contribution in [3.05, 3.63) is 90.5 Å². The van der Waals surface area contributed by atoms with Gasteiger partial charge in [0, 0.05) is 77.9 Å². The Kier molecular flexibility index (Phi) is 13.0. The van der Waals surface area contributed by atoms with E-state index in [0.29, 0.717) is 28.2 Å². The monoisotopic (exact) mass is 801 g/mol. The molecule has 2 saturated heterocycles. The molecule has 20 heteroatoms. The molecule has 294 valence electrons. The molecule has 0 aromatic heterocycles. The van der Waals surface area contributed by atoms with E-state index in [1.54, 1.807) is 0 Å². The number of benzene rings is 2. The molecule has 5 rings (SSSR count). The number of nitro benzene ring substituents is 2. The Morgan fingerprint density at radius 2 is 1.55 bits per heavy atom. The van der Waals surface area contributed by atoms with Crippen LogP contribution in [0.1, 0.15) is 37.8 Å². The van der Waals surface area contributed by atoms with Gasteiger partial charge in [-0.15, -0.1) is 11.8 Å². The second kappa shape index (κ2) is 17.5. The quantitative estimate of drug-likeness (QED) is 0.110. The first-order valence-electron chi connectivity index (χ1n) is 17.1. The van der Waals surface area contributed by atoms with Gasteiger partial charge in [0.15, 0.2) is 0 Å². The van der Waals surface area contributed by atoms with E-state index >= 15 is 0 Å². The summed E-state index contributed by atoms with van der Waals surface area (Å²) < 4.78 is 10.8. The predicted octanol–water partition coefficient (Wildman–Crippen LogP) is 4.39. The molecule has 0 saturated carbocycles. The van der Waals surface area contributed by atoms with E-state index in [-0.39, 0.29) is 60.2 Å². The van der Waals surface area contributed by atoms with E-state index in [4.69, 9.17) is 9.47 Å². The summed E-state index contributed by atoms with van der Waals surface area (Å²) in [5.41, 5.74) is 0.679. The van der Waals surface area contributed by atoms with Crippen LogP contribution in [-0.2, 0) is 37.1 Å². The molecule has 0 bridgehead atoms. The largest absolute Gasteiger partial charge is 0.477 e. The third-order valence-corrected chi connectivity index (χ3v) is 12.3.